The highest BCUT2D eigenvalue weighted by atomic mass is 16.7. The van der Waals surface area contributed by atoms with Crippen LogP contribution < -0.4 is 0 Å². The molecule has 44 heavy (non-hydrogen) atoms. The molecule has 0 aliphatic carbocycles. The number of hydrogen-bond donors (Lipinski definition) is 2. The lowest BCUT2D eigenvalue weighted by atomic mass is 9.79. The minimum Gasteiger partial charge on any atom is -0.462 e. The lowest BCUT2D eigenvalue weighted by Gasteiger charge is -2.44. The van der Waals surface area contributed by atoms with Crippen LogP contribution in [0.3, 0.4) is 0 Å². The van der Waals surface area contributed by atoms with Gasteiger partial charge in [-0.1, -0.05) is 39.8 Å². The number of fused-ring (bicyclic) bond motifs is 1. The van der Waals surface area contributed by atoms with Crippen molar-refractivity contribution in [2.24, 2.45) is 23.7 Å². The van der Waals surface area contributed by atoms with Crippen LogP contribution in [0.2, 0.25) is 0 Å². The number of aldehydes is 1. The molecule has 3 heterocycles. The van der Waals surface area contributed by atoms with Crippen molar-refractivity contribution in [2.45, 2.75) is 141 Å². The highest BCUT2D eigenvalue weighted by molar-refractivity contribution is 5.71. The first-order chi connectivity index (χ1) is 20.6. The van der Waals surface area contributed by atoms with Crippen LogP contribution in [-0.2, 0) is 38.1 Å². The van der Waals surface area contributed by atoms with Gasteiger partial charge in [-0.3, -0.25) is 9.59 Å². The van der Waals surface area contributed by atoms with Gasteiger partial charge in [0.25, 0.3) is 0 Å². The summed E-state index contributed by atoms with van der Waals surface area (Å²) in [5.74, 6) is -2.56. The fourth-order valence-corrected chi connectivity index (χ4v) is 6.96. The lowest BCUT2D eigenvalue weighted by Crippen LogP contribution is -2.56. The number of cyclic esters (lactones) is 1. The molecule has 3 rings (SSSR count). The summed E-state index contributed by atoms with van der Waals surface area (Å²) in [6, 6.07) is -0.234. The molecular weight excluding hydrogens is 570 g/mol. The molecule has 0 bridgehead atoms. The van der Waals surface area contributed by atoms with E-state index in [1.54, 1.807) is 13.0 Å². The van der Waals surface area contributed by atoms with Gasteiger partial charge >= 0.3 is 11.9 Å². The first-order valence-corrected chi connectivity index (χ1v) is 16.1. The van der Waals surface area contributed by atoms with Gasteiger partial charge in [0.1, 0.15) is 30.2 Å². The Labute approximate surface area is 262 Å². The van der Waals surface area contributed by atoms with Crippen molar-refractivity contribution in [3.8, 4) is 0 Å². The number of likely N-dealkylation sites (N-methyl/N-ethyl adjacent to an activating group) is 1. The summed E-state index contributed by atoms with van der Waals surface area (Å²) < 4.78 is 30.3. The second-order valence-corrected chi connectivity index (χ2v) is 13.6. The Bertz CT molecular complexity index is 1010. The number of aliphatic hydroxyl groups excluding tert-OH is 2. The molecule has 2 fully saturated rings. The lowest BCUT2D eigenvalue weighted by molar-refractivity contribution is -0.283. The molecule has 3 aliphatic heterocycles. The van der Waals surface area contributed by atoms with Crippen molar-refractivity contribution in [1.82, 2.24) is 4.90 Å². The third kappa shape index (κ3) is 9.10. The van der Waals surface area contributed by atoms with Crippen molar-refractivity contribution in [1.29, 1.82) is 0 Å². The van der Waals surface area contributed by atoms with E-state index in [-0.39, 0.29) is 42.9 Å². The molecule has 0 spiro atoms. The maximum atomic E-state index is 13.4. The predicted molar refractivity (Wildman–Crippen MR) is 162 cm³/mol. The number of epoxide rings is 1. The molecule has 0 aromatic rings. The zero-order chi connectivity index (χ0) is 32.9. The summed E-state index contributed by atoms with van der Waals surface area (Å²) in [5, 5.41) is 22.4. The average Bonchev–Trinajstić information content (AvgIpc) is 3.63. The van der Waals surface area contributed by atoms with Crippen molar-refractivity contribution in [2.75, 3.05) is 14.1 Å². The molecule has 0 amide bonds. The highest BCUT2D eigenvalue weighted by Gasteiger charge is 2.55. The van der Waals surface area contributed by atoms with Crippen LogP contribution in [0.5, 0.6) is 0 Å². The Kier molecular flexibility index (Phi) is 13.0. The molecular formula is C33H55NO10. The first-order valence-electron chi connectivity index (χ1n) is 16.1. The normalized spacial score (nSPS) is 44.0. The quantitative estimate of drug-likeness (QED) is 0.186. The molecule has 11 nitrogen and oxygen atoms in total. The molecule has 252 valence electrons. The molecule has 14 atom stereocenters. The molecule has 0 saturated carbocycles. The van der Waals surface area contributed by atoms with E-state index in [2.05, 4.69) is 0 Å². The van der Waals surface area contributed by atoms with Crippen LogP contribution in [0.4, 0.5) is 0 Å². The monoisotopic (exact) mass is 625 g/mol. The fraction of sp³-hybridized carbons (Fsp3) is 0.848. The Morgan fingerprint density at radius 2 is 1.84 bits per heavy atom. The number of hydrogen-bond acceptors (Lipinski definition) is 11. The average molecular weight is 626 g/mol. The van der Waals surface area contributed by atoms with Crippen molar-refractivity contribution in [3.05, 3.63) is 12.2 Å². The second kappa shape index (κ2) is 15.6. The van der Waals surface area contributed by atoms with E-state index in [4.69, 9.17) is 23.7 Å². The van der Waals surface area contributed by atoms with Crippen LogP contribution in [-0.4, -0.2) is 108 Å². The van der Waals surface area contributed by atoms with Crippen LogP contribution in [0.25, 0.3) is 0 Å². The zero-order valence-electron chi connectivity index (χ0n) is 27.9. The number of carbonyl (C=O) groups excluding carboxylic acids is 3. The smallest absolute Gasteiger partial charge is 0.309 e. The number of carbonyl (C=O) groups is 3. The number of esters is 2. The van der Waals surface area contributed by atoms with E-state index in [9.17, 15) is 24.6 Å². The topological polar surface area (TPSA) is 144 Å². The van der Waals surface area contributed by atoms with Gasteiger partial charge < -0.3 is 43.6 Å². The Balaban J connectivity index is 2.04. The summed E-state index contributed by atoms with van der Waals surface area (Å²) in [6.45, 7) is 12.7. The van der Waals surface area contributed by atoms with E-state index in [0.29, 0.717) is 19.3 Å². The highest BCUT2D eigenvalue weighted by Crippen LogP contribution is 2.45. The third-order valence-corrected chi connectivity index (χ3v) is 9.74. The summed E-state index contributed by atoms with van der Waals surface area (Å²) in [7, 11) is 3.76. The van der Waals surface area contributed by atoms with E-state index < -0.39 is 66.2 Å². The largest absolute Gasteiger partial charge is 0.462 e. The molecule has 14 unspecified atom stereocenters. The number of ether oxygens (including phenoxy) is 5. The Hall–Kier alpha value is -1.89. The zero-order valence-corrected chi connectivity index (χ0v) is 27.9. The number of aliphatic hydroxyl groups is 2. The number of rotatable bonds is 7. The summed E-state index contributed by atoms with van der Waals surface area (Å²) in [6.07, 6.45) is 0.393. The van der Waals surface area contributed by atoms with E-state index in [1.807, 2.05) is 59.7 Å². The maximum absolute atomic E-state index is 13.4. The molecule has 0 radical (unpaired) electrons. The van der Waals surface area contributed by atoms with Crippen molar-refractivity contribution < 1.29 is 48.3 Å². The van der Waals surface area contributed by atoms with Gasteiger partial charge in [-0.15, -0.1) is 0 Å². The Morgan fingerprint density at radius 1 is 1.16 bits per heavy atom. The minimum absolute atomic E-state index is 0.0841. The molecule has 0 aromatic heterocycles. The van der Waals surface area contributed by atoms with Gasteiger partial charge in [0.2, 0.25) is 0 Å². The maximum Gasteiger partial charge on any atom is 0.309 e. The third-order valence-electron chi connectivity index (χ3n) is 9.74. The van der Waals surface area contributed by atoms with Gasteiger partial charge in [0.15, 0.2) is 6.29 Å². The minimum atomic E-state index is -1.03. The Morgan fingerprint density at radius 3 is 2.43 bits per heavy atom. The van der Waals surface area contributed by atoms with E-state index in [0.717, 1.165) is 6.29 Å². The standard InChI is InChI=1S/C33H55NO10/c1-10-26-21(5)31-33(7,44-31)13-11-25(37)18(2)15-23(12-14-35)30(20(4)27(41-22(6)36)17-28(38)42-26)43-32-29(39)24(34(8)9)16-19(3)40-32/h11,13-14,18-21,23-27,29-32,37,39H,10,12,15-17H2,1-9H3. The summed E-state index contributed by atoms with van der Waals surface area (Å²) in [5.41, 5.74) is -0.603. The molecule has 3 aliphatic rings. The molecule has 11 heteroatoms. The van der Waals surface area contributed by atoms with Crippen molar-refractivity contribution in [3.63, 3.8) is 0 Å². The summed E-state index contributed by atoms with van der Waals surface area (Å²) in [4.78, 5) is 39.6. The summed E-state index contributed by atoms with van der Waals surface area (Å²) >= 11 is 0. The predicted octanol–water partition coefficient (Wildman–Crippen LogP) is 3.03. The van der Waals surface area contributed by atoms with E-state index >= 15 is 0 Å². The van der Waals surface area contributed by atoms with E-state index in [1.165, 1.54) is 6.92 Å². The van der Waals surface area contributed by atoms with Crippen LogP contribution in [0, 0.1) is 23.7 Å². The SMILES string of the molecule is CCC1OC(=O)CC(OC(C)=O)C(C)C(OC2OC(C)CC(N(C)C)C2O)C(CC=O)CC(C)C(O)C=CC2(C)OC2C1C. The fourth-order valence-electron chi connectivity index (χ4n) is 6.96. The van der Waals surface area contributed by atoms with Gasteiger partial charge in [-0.25, -0.2) is 0 Å². The first kappa shape index (κ1) is 36.6. The molecule has 2 N–H and O–H groups in total. The van der Waals surface area contributed by atoms with Gasteiger partial charge in [-0.2, -0.15) is 0 Å². The second-order valence-electron chi connectivity index (χ2n) is 13.6. The van der Waals surface area contributed by atoms with Gasteiger partial charge in [0, 0.05) is 31.2 Å². The van der Waals surface area contributed by atoms with Crippen molar-refractivity contribution >= 4 is 18.2 Å². The van der Waals surface area contributed by atoms with Gasteiger partial charge in [0.05, 0.1) is 30.8 Å². The van der Waals surface area contributed by atoms with Crippen LogP contribution in [0.1, 0.15) is 80.6 Å². The molecule has 2 saturated heterocycles. The number of nitrogens with zero attached hydrogens (tertiary/aromatic N) is 1. The van der Waals surface area contributed by atoms with Crippen LogP contribution >= 0.6 is 0 Å². The molecule has 0 aromatic carbocycles. The van der Waals surface area contributed by atoms with Gasteiger partial charge in [-0.05, 0) is 59.0 Å². The van der Waals surface area contributed by atoms with Crippen LogP contribution in [0.15, 0.2) is 12.2 Å².